The lowest BCUT2D eigenvalue weighted by atomic mass is 10.1. The van der Waals surface area contributed by atoms with E-state index < -0.39 is 27.5 Å². The quantitative estimate of drug-likeness (QED) is 0.868. The lowest BCUT2D eigenvalue weighted by molar-refractivity contribution is -0.137. The van der Waals surface area contributed by atoms with Gasteiger partial charge in [-0.15, -0.1) is 12.4 Å². The molecule has 1 aliphatic heterocycles. The van der Waals surface area contributed by atoms with Gasteiger partial charge in [-0.1, -0.05) is 18.2 Å². The Hall–Kier alpha value is -0.830. The summed E-state index contributed by atoms with van der Waals surface area (Å²) in [6.45, 7) is 1.40. The highest BCUT2D eigenvalue weighted by molar-refractivity contribution is 7.88. The summed E-state index contributed by atoms with van der Waals surface area (Å²) in [7, 11) is -3.65. The van der Waals surface area contributed by atoms with E-state index in [9.17, 15) is 21.6 Å². The van der Waals surface area contributed by atoms with E-state index in [2.05, 4.69) is 10.0 Å². The number of nitrogens with one attached hydrogen (secondary N) is 2. The third-order valence-corrected chi connectivity index (χ3v) is 4.66. The smallest absolute Gasteiger partial charge is 0.315 e. The van der Waals surface area contributed by atoms with Crippen LogP contribution >= 0.6 is 12.4 Å². The van der Waals surface area contributed by atoms with Crippen LogP contribution in [0.2, 0.25) is 0 Å². The van der Waals surface area contributed by atoms with Crippen molar-refractivity contribution in [1.29, 1.82) is 0 Å². The summed E-state index contributed by atoms with van der Waals surface area (Å²) in [4.78, 5) is 0. The second-order valence-electron chi connectivity index (χ2n) is 5.12. The monoisotopic (exact) mass is 358 g/mol. The van der Waals surface area contributed by atoms with Crippen molar-refractivity contribution in [3.05, 3.63) is 35.4 Å². The molecule has 1 heterocycles. The van der Waals surface area contributed by atoms with Crippen LogP contribution < -0.4 is 10.0 Å². The molecule has 1 atom stereocenters. The Kier molecular flexibility index (Phi) is 6.66. The van der Waals surface area contributed by atoms with Gasteiger partial charge in [0.1, 0.15) is 0 Å². The molecule has 2 N–H and O–H groups in total. The van der Waals surface area contributed by atoms with Crippen LogP contribution in [0, 0.1) is 0 Å². The van der Waals surface area contributed by atoms with Crippen LogP contribution in [-0.2, 0) is 22.0 Å². The highest BCUT2D eigenvalue weighted by Gasteiger charge is 2.30. The lowest BCUT2D eigenvalue weighted by Crippen LogP contribution is -2.45. The average molecular weight is 359 g/mol. The van der Waals surface area contributed by atoms with Gasteiger partial charge >= 0.3 is 6.18 Å². The van der Waals surface area contributed by atoms with Crippen molar-refractivity contribution >= 4 is 22.4 Å². The van der Waals surface area contributed by atoms with Crippen LogP contribution in [0.4, 0.5) is 13.2 Å². The summed E-state index contributed by atoms with van der Waals surface area (Å²) >= 11 is 0. The minimum Gasteiger partial charge on any atom is -0.315 e. The number of piperidine rings is 1. The number of halogens is 4. The molecule has 1 aliphatic rings. The van der Waals surface area contributed by atoms with E-state index in [0.717, 1.165) is 31.5 Å². The Morgan fingerprint density at radius 1 is 1.32 bits per heavy atom. The van der Waals surface area contributed by atoms with Crippen LogP contribution in [0.25, 0.3) is 0 Å². The predicted molar refractivity (Wildman–Crippen MR) is 80.3 cm³/mol. The first-order valence-electron chi connectivity index (χ1n) is 6.63. The first kappa shape index (κ1) is 19.2. The van der Waals surface area contributed by atoms with Crippen molar-refractivity contribution in [2.75, 3.05) is 13.1 Å². The molecule has 1 fully saturated rings. The van der Waals surface area contributed by atoms with Crippen molar-refractivity contribution in [2.45, 2.75) is 30.8 Å². The Morgan fingerprint density at radius 2 is 2.05 bits per heavy atom. The third-order valence-electron chi connectivity index (χ3n) is 3.25. The Bertz CT molecular complexity index is 587. The molecule has 1 saturated heterocycles. The number of sulfonamides is 1. The van der Waals surface area contributed by atoms with Gasteiger partial charge in [-0.05, 0) is 31.0 Å². The molecule has 0 bridgehead atoms. The standard InChI is InChI=1S/C13H17F3N2O2S.ClH/c14-13(15,16)11-4-1-3-10(7-11)9-21(19,20)18-12-5-2-6-17-8-12;/h1,3-4,7,12,17-18H,2,5-6,8-9H2;1H. The molecule has 22 heavy (non-hydrogen) atoms. The summed E-state index contributed by atoms with van der Waals surface area (Å²) in [5.41, 5.74) is -0.712. The largest absolute Gasteiger partial charge is 0.416 e. The highest BCUT2D eigenvalue weighted by atomic mass is 35.5. The lowest BCUT2D eigenvalue weighted by Gasteiger charge is -2.23. The van der Waals surface area contributed by atoms with Gasteiger partial charge in [0.2, 0.25) is 10.0 Å². The van der Waals surface area contributed by atoms with Crippen LogP contribution in [0.1, 0.15) is 24.0 Å². The molecule has 1 unspecified atom stereocenters. The molecule has 1 aromatic rings. The summed E-state index contributed by atoms with van der Waals surface area (Å²) in [5.74, 6) is -0.451. The summed E-state index contributed by atoms with van der Waals surface area (Å²) in [6, 6.07) is 4.20. The van der Waals surface area contributed by atoms with Gasteiger partial charge in [0.15, 0.2) is 0 Å². The number of rotatable bonds is 4. The van der Waals surface area contributed by atoms with E-state index in [4.69, 9.17) is 0 Å². The van der Waals surface area contributed by atoms with E-state index in [1.54, 1.807) is 0 Å². The molecule has 0 amide bonds. The fourth-order valence-corrected chi connectivity index (χ4v) is 3.72. The first-order chi connectivity index (χ1) is 9.76. The van der Waals surface area contributed by atoms with Crippen LogP contribution in [0.15, 0.2) is 24.3 Å². The van der Waals surface area contributed by atoms with Gasteiger partial charge in [-0.3, -0.25) is 0 Å². The van der Waals surface area contributed by atoms with Gasteiger partial charge in [0.05, 0.1) is 11.3 Å². The minimum absolute atomic E-state index is 0. The van der Waals surface area contributed by atoms with Crippen molar-refractivity contribution in [2.24, 2.45) is 0 Å². The zero-order valence-electron chi connectivity index (χ0n) is 11.7. The normalized spacial score (nSPS) is 19.5. The van der Waals surface area contributed by atoms with Crippen LogP contribution in [0.3, 0.4) is 0 Å². The van der Waals surface area contributed by atoms with Gasteiger partial charge in [0.25, 0.3) is 0 Å². The Balaban J connectivity index is 0.00000242. The zero-order valence-corrected chi connectivity index (χ0v) is 13.3. The Morgan fingerprint density at radius 3 is 2.64 bits per heavy atom. The number of alkyl halides is 3. The van der Waals surface area contributed by atoms with E-state index in [1.807, 2.05) is 0 Å². The molecule has 126 valence electrons. The van der Waals surface area contributed by atoms with Crippen LogP contribution in [-0.4, -0.2) is 27.5 Å². The topological polar surface area (TPSA) is 58.2 Å². The summed E-state index contributed by atoms with van der Waals surface area (Å²) in [5, 5.41) is 3.07. The van der Waals surface area contributed by atoms with Gasteiger partial charge in [0, 0.05) is 12.6 Å². The van der Waals surface area contributed by atoms with Crippen molar-refractivity contribution in [3.8, 4) is 0 Å². The average Bonchev–Trinajstić information content (AvgIpc) is 2.38. The van der Waals surface area contributed by atoms with Crippen molar-refractivity contribution < 1.29 is 21.6 Å². The molecular weight excluding hydrogens is 341 g/mol. The summed E-state index contributed by atoms with van der Waals surface area (Å²) in [6.07, 6.45) is -2.87. The van der Waals surface area contributed by atoms with Crippen molar-refractivity contribution in [3.63, 3.8) is 0 Å². The molecule has 9 heteroatoms. The number of benzene rings is 1. The SMILES string of the molecule is Cl.O=S(=O)(Cc1cccc(C(F)(F)F)c1)NC1CCCNC1. The predicted octanol–water partition coefficient (Wildman–Crippen LogP) is 2.30. The summed E-state index contributed by atoms with van der Waals surface area (Å²) < 4.78 is 64.3. The van der Waals surface area contributed by atoms with Gasteiger partial charge < -0.3 is 5.32 Å². The molecule has 0 spiro atoms. The van der Waals surface area contributed by atoms with Gasteiger partial charge in [-0.25, -0.2) is 13.1 Å². The Labute approximate surface area is 133 Å². The minimum atomic E-state index is -4.47. The molecular formula is C13H18ClF3N2O2S. The third kappa shape index (κ3) is 5.75. The highest BCUT2D eigenvalue weighted by Crippen LogP contribution is 2.29. The molecule has 1 aromatic carbocycles. The fourth-order valence-electron chi connectivity index (χ4n) is 2.30. The zero-order chi connectivity index (χ0) is 15.5. The first-order valence-corrected chi connectivity index (χ1v) is 8.28. The molecule has 0 aliphatic carbocycles. The molecule has 4 nitrogen and oxygen atoms in total. The van der Waals surface area contributed by atoms with E-state index in [-0.39, 0.29) is 24.0 Å². The number of hydrogen-bond donors (Lipinski definition) is 2. The molecule has 0 radical (unpaired) electrons. The molecule has 0 saturated carbocycles. The number of hydrogen-bond acceptors (Lipinski definition) is 3. The second-order valence-corrected chi connectivity index (χ2v) is 6.87. The molecule has 0 aromatic heterocycles. The second kappa shape index (κ2) is 7.63. The van der Waals surface area contributed by atoms with Crippen LogP contribution in [0.5, 0.6) is 0 Å². The molecule has 2 rings (SSSR count). The fraction of sp³-hybridized carbons (Fsp3) is 0.538. The van der Waals surface area contributed by atoms with Gasteiger partial charge in [-0.2, -0.15) is 13.2 Å². The van der Waals surface area contributed by atoms with E-state index in [0.29, 0.717) is 6.54 Å². The van der Waals surface area contributed by atoms with Crippen molar-refractivity contribution in [1.82, 2.24) is 10.0 Å². The maximum atomic E-state index is 12.6. The maximum Gasteiger partial charge on any atom is 0.416 e. The maximum absolute atomic E-state index is 12.6. The van der Waals surface area contributed by atoms with E-state index in [1.165, 1.54) is 12.1 Å². The van der Waals surface area contributed by atoms with E-state index >= 15 is 0 Å².